The largest absolute Gasteiger partial charge is 0.352 e. The van der Waals surface area contributed by atoms with E-state index in [1.807, 2.05) is 20.8 Å². The van der Waals surface area contributed by atoms with E-state index in [1.54, 1.807) is 62.4 Å². The number of halogens is 2. The third-order valence-corrected chi connectivity index (χ3v) is 9.02. The molecule has 0 aromatic heterocycles. The predicted molar refractivity (Wildman–Crippen MR) is 161 cm³/mol. The maximum atomic E-state index is 14.0. The normalized spacial score (nSPS) is 12.9. The number of sulfonamides is 1. The average molecular weight is 605 g/mol. The quantitative estimate of drug-likeness (QED) is 0.285. The van der Waals surface area contributed by atoms with Gasteiger partial charge in [-0.05, 0) is 81.6 Å². The van der Waals surface area contributed by atoms with Gasteiger partial charge in [0.15, 0.2) is 0 Å². The molecule has 214 valence electrons. The van der Waals surface area contributed by atoms with Crippen molar-refractivity contribution in [2.24, 2.45) is 0 Å². The van der Waals surface area contributed by atoms with E-state index in [0.29, 0.717) is 15.6 Å². The molecule has 10 heteroatoms. The van der Waals surface area contributed by atoms with Gasteiger partial charge in [-0.15, -0.1) is 0 Å². The highest BCUT2D eigenvalue weighted by molar-refractivity contribution is 7.92. The molecular formula is C30H35Cl2N3O4S. The van der Waals surface area contributed by atoms with Crippen molar-refractivity contribution in [1.82, 2.24) is 10.2 Å². The van der Waals surface area contributed by atoms with Crippen LogP contribution >= 0.6 is 23.2 Å². The predicted octanol–water partition coefficient (Wildman–Crippen LogP) is 6.14. The Kier molecular flexibility index (Phi) is 10.6. The summed E-state index contributed by atoms with van der Waals surface area (Å²) in [5.41, 5.74) is 2.55. The van der Waals surface area contributed by atoms with Gasteiger partial charge in [-0.3, -0.25) is 13.9 Å². The highest BCUT2D eigenvalue weighted by Crippen LogP contribution is 2.30. The smallest absolute Gasteiger partial charge is 0.264 e. The zero-order chi connectivity index (χ0) is 29.6. The van der Waals surface area contributed by atoms with Crippen LogP contribution in [-0.4, -0.2) is 43.8 Å². The van der Waals surface area contributed by atoms with E-state index in [4.69, 9.17) is 23.2 Å². The van der Waals surface area contributed by atoms with Gasteiger partial charge < -0.3 is 10.2 Å². The van der Waals surface area contributed by atoms with E-state index < -0.39 is 28.5 Å². The summed E-state index contributed by atoms with van der Waals surface area (Å²) in [6.07, 6.45) is 0.722. The van der Waals surface area contributed by atoms with Crippen LogP contribution in [0.5, 0.6) is 0 Å². The summed E-state index contributed by atoms with van der Waals surface area (Å²) in [6, 6.07) is 17.3. The number of rotatable bonds is 11. The van der Waals surface area contributed by atoms with Gasteiger partial charge in [-0.1, -0.05) is 66.0 Å². The molecule has 3 aromatic rings. The van der Waals surface area contributed by atoms with Crippen molar-refractivity contribution in [1.29, 1.82) is 0 Å². The zero-order valence-electron chi connectivity index (χ0n) is 23.3. The minimum absolute atomic E-state index is 0.0390. The van der Waals surface area contributed by atoms with E-state index in [0.717, 1.165) is 21.9 Å². The first-order valence-corrected chi connectivity index (χ1v) is 15.2. The second-order valence-electron chi connectivity index (χ2n) is 9.90. The first kappa shape index (κ1) is 31.5. The first-order valence-electron chi connectivity index (χ1n) is 13.0. The van der Waals surface area contributed by atoms with E-state index in [-0.39, 0.29) is 29.1 Å². The Bertz CT molecular complexity index is 1440. The highest BCUT2D eigenvalue weighted by Gasteiger charge is 2.33. The van der Waals surface area contributed by atoms with Gasteiger partial charge in [-0.25, -0.2) is 8.42 Å². The molecule has 0 bridgehead atoms. The first-order chi connectivity index (χ1) is 18.8. The van der Waals surface area contributed by atoms with Gasteiger partial charge >= 0.3 is 0 Å². The molecule has 0 aliphatic rings. The molecule has 0 aliphatic carbocycles. The Balaban J connectivity index is 2.06. The molecule has 2 amide bonds. The third kappa shape index (κ3) is 7.77. The van der Waals surface area contributed by atoms with Crippen LogP contribution in [0.25, 0.3) is 0 Å². The van der Waals surface area contributed by atoms with Crippen LogP contribution in [0.15, 0.2) is 71.6 Å². The SMILES string of the molecule is CC[C@H](C)NC(=O)[C@H](C)N(Cc1ccc(Cl)cc1)C(=O)CN(c1cc(Cl)ccc1C)S(=O)(=O)c1ccc(C)cc1. The number of anilines is 1. The molecule has 2 atom stereocenters. The fourth-order valence-corrected chi connectivity index (χ4v) is 5.80. The fraction of sp³-hybridized carbons (Fsp3) is 0.333. The Morgan fingerprint density at radius 3 is 2.10 bits per heavy atom. The van der Waals surface area contributed by atoms with Gasteiger partial charge in [0.1, 0.15) is 12.6 Å². The van der Waals surface area contributed by atoms with Crippen LogP contribution in [0.3, 0.4) is 0 Å². The van der Waals surface area contributed by atoms with Crippen LogP contribution < -0.4 is 9.62 Å². The molecule has 3 rings (SSSR count). The Morgan fingerprint density at radius 1 is 0.900 bits per heavy atom. The van der Waals surface area contributed by atoms with E-state index >= 15 is 0 Å². The summed E-state index contributed by atoms with van der Waals surface area (Å²) in [4.78, 5) is 28.6. The lowest BCUT2D eigenvalue weighted by atomic mass is 10.1. The van der Waals surface area contributed by atoms with Crippen molar-refractivity contribution in [2.75, 3.05) is 10.8 Å². The van der Waals surface area contributed by atoms with Gasteiger partial charge in [0.2, 0.25) is 11.8 Å². The zero-order valence-corrected chi connectivity index (χ0v) is 25.6. The summed E-state index contributed by atoms with van der Waals surface area (Å²) < 4.78 is 29.0. The monoisotopic (exact) mass is 603 g/mol. The Labute approximate surface area is 247 Å². The second kappa shape index (κ2) is 13.5. The van der Waals surface area contributed by atoms with E-state index in [1.165, 1.54) is 23.1 Å². The minimum atomic E-state index is -4.18. The summed E-state index contributed by atoms with van der Waals surface area (Å²) in [7, 11) is -4.18. The van der Waals surface area contributed by atoms with E-state index in [9.17, 15) is 18.0 Å². The van der Waals surface area contributed by atoms with Gasteiger partial charge in [0.05, 0.1) is 10.6 Å². The van der Waals surface area contributed by atoms with Crippen LogP contribution in [0.1, 0.15) is 43.9 Å². The fourth-order valence-electron chi connectivity index (χ4n) is 4.04. The van der Waals surface area contributed by atoms with Crippen LogP contribution in [-0.2, 0) is 26.2 Å². The number of hydrogen-bond donors (Lipinski definition) is 1. The molecule has 0 aliphatic heterocycles. The molecule has 0 fully saturated rings. The summed E-state index contributed by atoms with van der Waals surface area (Å²) in [6.45, 7) is 8.63. The number of hydrogen-bond acceptors (Lipinski definition) is 4. The number of benzene rings is 3. The molecule has 0 unspecified atom stereocenters. The third-order valence-electron chi connectivity index (χ3n) is 6.76. The molecule has 7 nitrogen and oxygen atoms in total. The standard InChI is InChI=1S/C30H35Cl2N3O4S/c1-6-22(4)33-30(37)23(5)34(18-24-10-13-25(31)14-11-24)29(36)19-35(28-17-26(32)12-9-21(28)3)40(38,39)27-15-7-20(2)8-16-27/h7-17,22-23H,6,18-19H2,1-5H3,(H,33,37)/t22-,23-/m0/s1. The Hall–Kier alpha value is -3.07. The van der Waals surface area contributed by atoms with Crippen molar-refractivity contribution < 1.29 is 18.0 Å². The number of carbonyl (C=O) groups is 2. The average Bonchev–Trinajstić information content (AvgIpc) is 2.92. The molecule has 0 saturated heterocycles. The lowest BCUT2D eigenvalue weighted by molar-refractivity contribution is -0.139. The molecular weight excluding hydrogens is 569 g/mol. The van der Waals surface area contributed by atoms with Crippen molar-refractivity contribution in [3.63, 3.8) is 0 Å². The van der Waals surface area contributed by atoms with Crippen molar-refractivity contribution in [3.8, 4) is 0 Å². The maximum absolute atomic E-state index is 14.0. The number of nitrogens with zero attached hydrogens (tertiary/aromatic N) is 2. The molecule has 0 saturated carbocycles. The number of nitrogens with one attached hydrogen (secondary N) is 1. The number of aryl methyl sites for hydroxylation is 2. The topological polar surface area (TPSA) is 86.8 Å². The summed E-state index contributed by atoms with van der Waals surface area (Å²) >= 11 is 12.3. The lowest BCUT2D eigenvalue weighted by Crippen LogP contribution is -2.52. The molecule has 40 heavy (non-hydrogen) atoms. The van der Waals surface area contributed by atoms with Gasteiger partial charge in [0.25, 0.3) is 10.0 Å². The summed E-state index contributed by atoms with van der Waals surface area (Å²) in [5, 5.41) is 3.79. The lowest BCUT2D eigenvalue weighted by Gasteiger charge is -2.33. The van der Waals surface area contributed by atoms with E-state index in [2.05, 4.69) is 5.32 Å². The second-order valence-corrected chi connectivity index (χ2v) is 12.6. The molecule has 0 heterocycles. The molecule has 3 aromatic carbocycles. The highest BCUT2D eigenvalue weighted by atomic mass is 35.5. The molecule has 1 N–H and O–H groups in total. The Morgan fingerprint density at radius 2 is 1.50 bits per heavy atom. The van der Waals surface area contributed by atoms with Gasteiger partial charge in [-0.2, -0.15) is 0 Å². The van der Waals surface area contributed by atoms with Crippen LogP contribution in [0.2, 0.25) is 10.0 Å². The van der Waals surface area contributed by atoms with Crippen LogP contribution in [0, 0.1) is 13.8 Å². The minimum Gasteiger partial charge on any atom is -0.352 e. The number of carbonyl (C=O) groups excluding carboxylic acids is 2. The number of amides is 2. The van der Waals surface area contributed by atoms with Crippen molar-refractivity contribution >= 4 is 50.7 Å². The van der Waals surface area contributed by atoms with Crippen LogP contribution in [0.4, 0.5) is 5.69 Å². The summed E-state index contributed by atoms with van der Waals surface area (Å²) in [5.74, 6) is -0.875. The van der Waals surface area contributed by atoms with Crippen molar-refractivity contribution in [2.45, 2.75) is 64.6 Å². The van der Waals surface area contributed by atoms with Gasteiger partial charge in [0, 0.05) is 22.6 Å². The molecule has 0 spiro atoms. The molecule has 0 radical (unpaired) electrons. The maximum Gasteiger partial charge on any atom is 0.264 e. The van der Waals surface area contributed by atoms with Crippen molar-refractivity contribution in [3.05, 3.63) is 93.5 Å².